The minimum absolute atomic E-state index is 0.292. The van der Waals surface area contributed by atoms with Crippen LogP contribution in [0.3, 0.4) is 0 Å². The molecule has 0 aromatic heterocycles. The van der Waals surface area contributed by atoms with Crippen LogP contribution < -0.4 is 10.1 Å². The number of hydrogen-bond donors (Lipinski definition) is 1. The lowest BCUT2D eigenvalue weighted by atomic mass is 10.0. The zero-order chi connectivity index (χ0) is 14.8. The molecule has 3 rings (SSSR count). The maximum absolute atomic E-state index is 6.05. The van der Waals surface area contributed by atoms with Crippen molar-refractivity contribution < 1.29 is 4.74 Å². The quantitative estimate of drug-likeness (QED) is 0.800. The summed E-state index contributed by atoms with van der Waals surface area (Å²) in [6.07, 6.45) is 2.57. The monoisotopic (exact) mass is 345 g/mol. The van der Waals surface area contributed by atoms with Crippen molar-refractivity contribution in [3.05, 3.63) is 53.0 Å². The van der Waals surface area contributed by atoms with E-state index in [-0.39, 0.29) is 0 Å². The van der Waals surface area contributed by atoms with Gasteiger partial charge in [-0.15, -0.1) is 0 Å². The molecule has 110 valence electrons. The van der Waals surface area contributed by atoms with Crippen LogP contribution in [0, 0.1) is 0 Å². The Morgan fingerprint density at radius 1 is 1.33 bits per heavy atom. The Balaban J connectivity index is 1.99. The van der Waals surface area contributed by atoms with Crippen molar-refractivity contribution in [2.45, 2.75) is 31.8 Å². The van der Waals surface area contributed by atoms with Crippen LogP contribution in [0.4, 0.5) is 0 Å². The molecule has 0 bridgehead atoms. The van der Waals surface area contributed by atoms with Gasteiger partial charge in [-0.3, -0.25) is 0 Å². The highest BCUT2D eigenvalue weighted by molar-refractivity contribution is 9.11. The van der Waals surface area contributed by atoms with Crippen molar-refractivity contribution >= 4 is 26.7 Å². The number of rotatable bonds is 6. The smallest absolute Gasteiger partial charge is 0.132 e. The minimum atomic E-state index is 0.292. The van der Waals surface area contributed by atoms with Gasteiger partial charge in [0.15, 0.2) is 0 Å². The lowest BCUT2D eigenvalue weighted by Gasteiger charge is -2.20. The van der Waals surface area contributed by atoms with E-state index in [1.807, 2.05) is 0 Å². The van der Waals surface area contributed by atoms with Crippen LogP contribution in [0.5, 0.6) is 5.75 Å². The summed E-state index contributed by atoms with van der Waals surface area (Å²) >= 11 is 3.37. The van der Waals surface area contributed by atoms with E-state index in [1.165, 1.54) is 23.8 Å². The van der Waals surface area contributed by atoms with E-state index in [9.17, 15) is 0 Å². The fraction of sp³-hybridized carbons (Fsp3) is 0.333. The van der Waals surface area contributed by atoms with E-state index in [2.05, 4.69) is 71.1 Å². The molecule has 1 aliphatic rings. The summed E-state index contributed by atoms with van der Waals surface area (Å²) in [4.78, 5) is 0. The van der Waals surface area contributed by atoms with E-state index < -0.39 is 0 Å². The molecule has 1 aliphatic carbocycles. The zero-order valence-corrected chi connectivity index (χ0v) is 13.8. The molecule has 1 N–H and O–H groups in total. The van der Waals surface area contributed by atoms with Gasteiger partial charge in [0.05, 0.1) is 0 Å². The standard InChI is InChI=1S/C18H20BrNO/c1-12(19)11-21-18-16(13(2)20-15-8-9-15)10-7-14-5-3-4-6-17(14)18/h3-7,10,13,15,20H,1,8-9,11H2,2H3. The first-order valence-electron chi connectivity index (χ1n) is 7.39. The SMILES string of the molecule is C=C(Br)COc1c(C(C)NC2CC2)ccc2ccccc12. The molecule has 0 spiro atoms. The molecule has 0 saturated heterocycles. The Bertz CT molecular complexity index is 663. The predicted molar refractivity (Wildman–Crippen MR) is 92.1 cm³/mol. The van der Waals surface area contributed by atoms with Crippen LogP contribution in [0.2, 0.25) is 0 Å². The van der Waals surface area contributed by atoms with E-state index in [4.69, 9.17) is 4.74 Å². The van der Waals surface area contributed by atoms with Crippen LogP contribution in [-0.2, 0) is 0 Å². The van der Waals surface area contributed by atoms with Gasteiger partial charge in [-0.2, -0.15) is 0 Å². The normalized spacial score (nSPS) is 15.9. The Kier molecular flexibility index (Phi) is 4.32. The summed E-state index contributed by atoms with van der Waals surface area (Å²) in [5.41, 5.74) is 1.22. The summed E-state index contributed by atoms with van der Waals surface area (Å²) in [6.45, 7) is 6.55. The highest BCUT2D eigenvalue weighted by Crippen LogP contribution is 2.35. The lowest BCUT2D eigenvalue weighted by Crippen LogP contribution is -2.21. The molecule has 1 saturated carbocycles. The van der Waals surface area contributed by atoms with Gasteiger partial charge in [0, 0.05) is 27.5 Å². The summed E-state index contributed by atoms with van der Waals surface area (Å²) in [6, 6.07) is 13.7. The van der Waals surface area contributed by atoms with Gasteiger partial charge in [0.25, 0.3) is 0 Å². The maximum Gasteiger partial charge on any atom is 0.132 e. The molecule has 0 heterocycles. The average Bonchev–Trinajstić information content (AvgIpc) is 3.28. The summed E-state index contributed by atoms with van der Waals surface area (Å²) in [5, 5.41) is 6.01. The number of hydrogen-bond acceptors (Lipinski definition) is 2. The van der Waals surface area contributed by atoms with Crippen LogP contribution in [0.25, 0.3) is 10.8 Å². The molecule has 1 atom stereocenters. The Labute approximate surface area is 134 Å². The molecule has 2 aromatic rings. The highest BCUT2D eigenvalue weighted by atomic mass is 79.9. The molecule has 3 heteroatoms. The van der Waals surface area contributed by atoms with Gasteiger partial charge in [-0.25, -0.2) is 0 Å². The van der Waals surface area contributed by atoms with E-state index >= 15 is 0 Å². The van der Waals surface area contributed by atoms with E-state index in [0.29, 0.717) is 18.7 Å². The van der Waals surface area contributed by atoms with Crippen molar-refractivity contribution in [1.29, 1.82) is 0 Å². The van der Waals surface area contributed by atoms with Crippen molar-refractivity contribution in [2.24, 2.45) is 0 Å². The summed E-state index contributed by atoms with van der Waals surface area (Å²) in [5.74, 6) is 0.967. The second-order valence-electron chi connectivity index (χ2n) is 5.67. The van der Waals surface area contributed by atoms with Crippen molar-refractivity contribution in [3.63, 3.8) is 0 Å². The molecular formula is C18H20BrNO. The number of benzene rings is 2. The highest BCUT2D eigenvalue weighted by Gasteiger charge is 2.25. The van der Waals surface area contributed by atoms with Gasteiger partial charge in [0.1, 0.15) is 12.4 Å². The number of ether oxygens (including phenoxy) is 1. The number of halogens is 1. The first-order valence-corrected chi connectivity index (χ1v) is 8.18. The molecule has 0 radical (unpaired) electrons. The van der Waals surface area contributed by atoms with Crippen molar-refractivity contribution in [2.75, 3.05) is 6.61 Å². The van der Waals surface area contributed by atoms with Crippen LogP contribution in [-0.4, -0.2) is 12.6 Å². The van der Waals surface area contributed by atoms with Gasteiger partial charge in [0.2, 0.25) is 0 Å². The second kappa shape index (κ2) is 6.20. The molecule has 0 amide bonds. The van der Waals surface area contributed by atoms with Crippen molar-refractivity contribution in [3.8, 4) is 5.75 Å². The fourth-order valence-corrected chi connectivity index (χ4v) is 2.72. The molecular weight excluding hydrogens is 326 g/mol. The molecule has 2 nitrogen and oxygen atoms in total. The van der Waals surface area contributed by atoms with Gasteiger partial charge in [-0.05, 0) is 25.2 Å². The Morgan fingerprint density at radius 3 is 2.81 bits per heavy atom. The fourth-order valence-electron chi connectivity index (χ4n) is 2.61. The molecule has 1 fully saturated rings. The topological polar surface area (TPSA) is 21.3 Å². The summed E-state index contributed by atoms with van der Waals surface area (Å²) in [7, 11) is 0. The maximum atomic E-state index is 6.05. The third-order valence-electron chi connectivity index (χ3n) is 3.81. The van der Waals surface area contributed by atoms with Crippen LogP contribution in [0.15, 0.2) is 47.5 Å². The third kappa shape index (κ3) is 3.47. The van der Waals surface area contributed by atoms with Crippen molar-refractivity contribution in [1.82, 2.24) is 5.32 Å². The number of fused-ring (bicyclic) bond motifs is 1. The molecule has 0 aliphatic heterocycles. The molecule has 2 aromatic carbocycles. The summed E-state index contributed by atoms with van der Waals surface area (Å²) < 4.78 is 6.90. The van der Waals surface area contributed by atoms with Gasteiger partial charge < -0.3 is 10.1 Å². The first-order chi connectivity index (χ1) is 10.1. The van der Waals surface area contributed by atoms with E-state index in [0.717, 1.165) is 15.6 Å². The number of nitrogens with one attached hydrogen (secondary N) is 1. The third-order valence-corrected chi connectivity index (χ3v) is 4.04. The second-order valence-corrected chi connectivity index (χ2v) is 6.80. The van der Waals surface area contributed by atoms with Crippen LogP contribution in [0.1, 0.15) is 31.4 Å². The zero-order valence-electron chi connectivity index (χ0n) is 12.2. The predicted octanol–water partition coefficient (Wildman–Crippen LogP) is 4.94. The molecule has 1 unspecified atom stereocenters. The first kappa shape index (κ1) is 14.6. The average molecular weight is 346 g/mol. The van der Waals surface area contributed by atoms with E-state index in [1.54, 1.807) is 0 Å². The van der Waals surface area contributed by atoms with Gasteiger partial charge >= 0.3 is 0 Å². The lowest BCUT2D eigenvalue weighted by molar-refractivity contribution is 0.356. The molecule has 21 heavy (non-hydrogen) atoms. The van der Waals surface area contributed by atoms with Crippen LogP contribution >= 0.6 is 15.9 Å². The Morgan fingerprint density at radius 2 is 2.10 bits per heavy atom. The largest absolute Gasteiger partial charge is 0.487 e. The minimum Gasteiger partial charge on any atom is -0.487 e. The van der Waals surface area contributed by atoms with Gasteiger partial charge in [-0.1, -0.05) is 58.9 Å². The Hall–Kier alpha value is -1.32.